The lowest BCUT2D eigenvalue weighted by atomic mass is 10.1. The Balaban J connectivity index is 1.49. The van der Waals surface area contributed by atoms with Crippen LogP contribution in [0.3, 0.4) is 0 Å². The molecule has 2 aromatic heterocycles. The Hall–Kier alpha value is -3.02. The zero-order valence-corrected chi connectivity index (χ0v) is 15.7. The number of nitrogens with zero attached hydrogens (tertiary/aromatic N) is 2. The Bertz CT molecular complexity index is 1060. The van der Waals surface area contributed by atoms with E-state index in [0.29, 0.717) is 16.4 Å². The number of amides is 1. The summed E-state index contributed by atoms with van der Waals surface area (Å²) in [5, 5.41) is 6.51. The first-order chi connectivity index (χ1) is 13.2. The molecular weight excluding hydrogens is 378 g/mol. The van der Waals surface area contributed by atoms with E-state index in [2.05, 4.69) is 10.3 Å². The second kappa shape index (κ2) is 7.70. The van der Waals surface area contributed by atoms with Gasteiger partial charge in [0.05, 0.1) is 5.69 Å². The Labute approximate surface area is 165 Å². The molecule has 0 atom stereocenters. The lowest BCUT2D eigenvalue weighted by molar-refractivity contribution is 0.102. The highest BCUT2D eigenvalue weighted by atomic mass is 35.5. The SMILES string of the molecule is O=C(Nc1ccc(-c2csc(-c3ccc(Cl)cc3)n2)cc1)c1ccccn1. The molecule has 132 valence electrons. The normalized spacial score (nSPS) is 10.6. The molecule has 6 heteroatoms. The number of nitrogens with one attached hydrogen (secondary N) is 1. The van der Waals surface area contributed by atoms with E-state index >= 15 is 0 Å². The van der Waals surface area contributed by atoms with Crippen LogP contribution in [0, 0.1) is 0 Å². The quantitative estimate of drug-likeness (QED) is 0.480. The van der Waals surface area contributed by atoms with Crippen LogP contribution in [-0.4, -0.2) is 15.9 Å². The summed E-state index contributed by atoms with van der Waals surface area (Å²) in [6.07, 6.45) is 1.60. The van der Waals surface area contributed by atoms with Crippen LogP contribution >= 0.6 is 22.9 Å². The molecule has 0 aliphatic rings. The summed E-state index contributed by atoms with van der Waals surface area (Å²) in [7, 11) is 0. The smallest absolute Gasteiger partial charge is 0.274 e. The number of carbonyl (C=O) groups is 1. The Morgan fingerprint density at radius 1 is 0.926 bits per heavy atom. The minimum Gasteiger partial charge on any atom is -0.321 e. The molecule has 0 spiro atoms. The standard InChI is InChI=1S/C21H14ClN3OS/c22-16-8-4-15(5-9-16)21-25-19(13-27-21)14-6-10-17(11-7-14)24-20(26)18-3-1-2-12-23-18/h1-13H,(H,24,26). The van der Waals surface area contributed by atoms with Crippen LogP contribution in [0.15, 0.2) is 78.3 Å². The fourth-order valence-corrected chi connectivity index (χ4v) is 3.51. The Morgan fingerprint density at radius 3 is 2.37 bits per heavy atom. The molecule has 2 aromatic carbocycles. The van der Waals surface area contributed by atoms with E-state index in [9.17, 15) is 4.79 Å². The number of rotatable bonds is 4. The van der Waals surface area contributed by atoms with Crippen molar-refractivity contribution >= 4 is 34.5 Å². The zero-order valence-electron chi connectivity index (χ0n) is 14.1. The van der Waals surface area contributed by atoms with Gasteiger partial charge in [-0.2, -0.15) is 0 Å². The van der Waals surface area contributed by atoms with Crippen LogP contribution in [0.2, 0.25) is 5.02 Å². The minimum absolute atomic E-state index is 0.234. The molecule has 2 heterocycles. The van der Waals surface area contributed by atoms with Crippen molar-refractivity contribution in [3.8, 4) is 21.8 Å². The van der Waals surface area contributed by atoms with E-state index in [1.165, 1.54) is 0 Å². The summed E-state index contributed by atoms with van der Waals surface area (Å²) in [6.45, 7) is 0. The maximum atomic E-state index is 12.2. The van der Waals surface area contributed by atoms with Crippen molar-refractivity contribution in [1.82, 2.24) is 9.97 Å². The van der Waals surface area contributed by atoms with E-state index in [1.54, 1.807) is 35.7 Å². The summed E-state index contributed by atoms with van der Waals surface area (Å²) >= 11 is 7.52. The number of thiazole rings is 1. The summed E-state index contributed by atoms with van der Waals surface area (Å²) in [5.41, 5.74) is 4.01. The number of benzene rings is 2. The molecule has 0 unspecified atom stereocenters. The first-order valence-electron chi connectivity index (χ1n) is 8.23. The molecule has 0 radical (unpaired) electrons. The molecule has 1 N–H and O–H groups in total. The van der Waals surface area contributed by atoms with E-state index in [0.717, 1.165) is 21.8 Å². The van der Waals surface area contributed by atoms with Gasteiger partial charge in [0.2, 0.25) is 0 Å². The molecule has 4 aromatic rings. The summed E-state index contributed by atoms with van der Waals surface area (Å²) < 4.78 is 0. The van der Waals surface area contributed by atoms with Gasteiger partial charge in [-0.25, -0.2) is 4.98 Å². The predicted octanol–water partition coefficient (Wildman–Crippen LogP) is 5.78. The summed E-state index contributed by atoms with van der Waals surface area (Å²) in [5.74, 6) is -0.234. The maximum Gasteiger partial charge on any atom is 0.274 e. The largest absolute Gasteiger partial charge is 0.321 e. The lowest BCUT2D eigenvalue weighted by Gasteiger charge is -2.05. The molecule has 0 bridgehead atoms. The van der Waals surface area contributed by atoms with Gasteiger partial charge in [0.15, 0.2) is 0 Å². The lowest BCUT2D eigenvalue weighted by Crippen LogP contribution is -2.13. The minimum atomic E-state index is -0.234. The Kier molecular flexibility index (Phi) is 4.96. The van der Waals surface area contributed by atoms with Crippen molar-refractivity contribution in [3.63, 3.8) is 0 Å². The fraction of sp³-hybridized carbons (Fsp3) is 0. The van der Waals surface area contributed by atoms with E-state index in [1.807, 2.05) is 53.9 Å². The van der Waals surface area contributed by atoms with Crippen LogP contribution in [-0.2, 0) is 0 Å². The van der Waals surface area contributed by atoms with Crippen LogP contribution < -0.4 is 5.32 Å². The highest BCUT2D eigenvalue weighted by Gasteiger charge is 2.09. The molecular formula is C21H14ClN3OS. The monoisotopic (exact) mass is 391 g/mol. The third-order valence-corrected chi connectivity index (χ3v) is 5.07. The molecule has 27 heavy (non-hydrogen) atoms. The van der Waals surface area contributed by atoms with Gasteiger partial charge in [-0.3, -0.25) is 9.78 Å². The third kappa shape index (κ3) is 4.05. The van der Waals surface area contributed by atoms with Gasteiger partial charge in [-0.15, -0.1) is 11.3 Å². The van der Waals surface area contributed by atoms with E-state index in [4.69, 9.17) is 16.6 Å². The van der Waals surface area contributed by atoms with Crippen molar-refractivity contribution < 1.29 is 4.79 Å². The van der Waals surface area contributed by atoms with Gasteiger partial charge in [-0.1, -0.05) is 41.9 Å². The fourth-order valence-electron chi connectivity index (χ4n) is 2.55. The molecule has 0 aliphatic carbocycles. The van der Waals surface area contributed by atoms with Gasteiger partial charge in [0.1, 0.15) is 10.7 Å². The molecule has 0 saturated carbocycles. The maximum absolute atomic E-state index is 12.2. The number of carbonyl (C=O) groups excluding carboxylic acids is 1. The first kappa shape index (κ1) is 17.4. The molecule has 4 nitrogen and oxygen atoms in total. The van der Waals surface area contributed by atoms with Crippen molar-refractivity contribution in [1.29, 1.82) is 0 Å². The molecule has 0 aliphatic heterocycles. The average molecular weight is 392 g/mol. The topological polar surface area (TPSA) is 54.9 Å². The summed E-state index contributed by atoms with van der Waals surface area (Å²) in [6, 6.07) is 20.5. The van der Waals surface area contributed by atoms with Crippen molar-refractivity contribution in [2.45, 2.75) is 0 Å². The average Bonchev–Trinajstić information content (AvgIpc) is 3.20. The van der Waals surface area contributed by atoms with E-state index in [-0.39, 0.29) is 5.91 Å². The summed E-state index contributed by atoms with van der Waals surface area (Å²) in [4.78, 5) is 20.9. The highest BCUT2D eigenvalue weighted by Crippen LogP contribution is 2.30. The molecule has 0 fully saturated rings. The van der Waals surface area contributed by atoms with Crippen molar-refractivity contribution in [2.24, 2.45) is 0 Å². The van der Waals surface area contributed by atoms with E-state index < -0.39 is 0 Å². The highest BCUT2D eigenvalue weighted by molar-refractivity contribution is 7.13. The van der Waals surface area contributed by atoms with Crippen molar-refractivity contribution in [2.75, 3.05) is 5.32 Å². The van der Waals surface area contributed by atoms with Gasteiger partial charge < -0.3 is 5.32 Å². The first-order valence-corrected chi connectivity index (χ1v) is 9.49. The predicted molar refractivity (Wildman–Crippen MR) is 110 cm³/mol. The van der Waals surface area contributed by atoms with Gasteiger partial charge in [0, 0.05) is 33.4 Å². The van der Waals surface area contributed by atoms with Crippen LogP contribution in [0.1, 0.15) is 10.5 Å². The second-order valence-corrected chi connectivity index (χ2v) is 7.09. The van der Waals surface area contributed by atoms with Gasteiger partial charge in [0.25, 0.3) is 5.91 Å². The number of halogens is 1. The molecule has 0 saturated heterocycles. The number of hydrogen-bond donors (Lipinski definition) is 1. The van der Waals surface area contributed by atoms with Crippen LogP contribution in [0.4, 0.5) is 5.69 Å². The van der Waals surface area contributed by atoms with Crippen LogP contribution in [0.25, 0.3) is 21.8 Å². The zero-order chi connectivity index (χ0) is 18.6. The van der Waals surface area contributed by atoms with Crippen LogP contribution in [0.5, 0.6) is 0 Å². The Morgan fingerprint density at radius 2 is 1.67 bits per heavy atom. The molecule has 4 rings (SSSR count). The number of aromatic nitrogens is 2. The third-order valence-electron chi connectivity index (χ3n) is 3.93. The second-order valence-electron chi connectivity index (χ2n) is 5.79. The van der Waals surface area contributed by atoms with Gasteiger partial charge in [-0.05, 0) is 36.4 Å². The number of anilines is 1. The van der Waals surface area contributed by atoms with Crippen molar-refractivity contribution in [3.05, 3.63) is 89.0 Å². The van der Waals surface area contributed by atoms with Gasteiger partial charge >= 0.3 is 0 Å². The number of pyridine rings is 1. The molecule has 1 amide bonds. The number of hydrogen-bond acceptors (Lipinski definition) is 4.